The van der Waals surface area contributed by atoms with Crippen molar-refractivity contribution >= 4 is 17.2 Å². The standard InChI is InChI=1S/C14H19FN2OS/c1-9-8-18-10(2)6-17(9)7-12-5-11(14(16)19)3-4-13(12)15/h3-5,9-10H,6-8H2,1-2H3,(H2,16,19). The van der Waals surface area contributed by atoms with E-state index >= 15 is 0 Å². The van der Waals surface area contributed by atoms with E-state index in [1.54, 1.807) is 12.1 Å². The quantitative estimate of drug-likeness (QED) is 0.861. The highest BCUT2D eigenvalue weighted by atomic mass is 32.1. The van der Waals surface area contributed by atoms with E-state index < -0.39 is 0 Å². The first-order valence-corrected chi connectivity index (χ1v) is 6.82. The molecule has 2 rings (SSSR count). The molecule has 5 heteroatoms. The van der Waals surface area contributed by atoms with Crippen LogP contribution in [0.5, 0.6) is 0 Å². The van der Waals surface area contributed by atoms with Gasteiger partial charge in [-0.1, -0.05) is 12.2 Å². The molecule has 0 aliphatic carbocycles. The van der Waals surface area contributed by atoms with Gasteiger partial charge in [-0.3, -0.25) is 4.90 Å². The minimum absolute atomic E-state index is 0.179. The Bertz CT molecular complexity index is 481. The second-order valence-corrected chi connectivity index (χ2v) is 5.53. The fourth-order valence-electron chi connectivity index (χ4n) is 2.26. The predicted octanol–water partition coefficient (Wildman–Crippen LogP) is 2.07. The highest BCUT2D eigenvalue weighted by Crippen LogP contribution is 2.18. The molecular formula is C14H19FN2OS. The molecule has 0 radical (unpaired) electrons. The molecule has 1 saturated heterocycles. The number of morpholine rings is 1. The van der Waals surface area contributed by atoms with Crippen molar-refractivity contribution in [2.45, 2.75) is 32.5 Å². The van der Waals surface area contributed by atoms with E-state index in [9.17, 15) is 4.39 Å². The van der Waals surface area contributed by atoms with E-state index in [0.29, 0.717) is 29.3 Å². The van der Waals surface area contributed by atoms with Crippen molar-refractivity contribution in [2.75, 3.05) is 13.2 Å². The molecule has 1 aromatic rings. The van der Waals surface area contributed by atoms with Crippen LogP contribution in [-0.4, -0.2) is 35.2 Å². The first kappa shape index (κ1) is 14.4. The van der Waals surface area contributed by atoms with Crippen LogP contribution in [0.4, 0.5) is 4.39 Å². The van der Waals surface area contributed by atoms with Crippen molar-refractivity contribution in [2.24, 2.45) is 5.73 Å². The first-order valence-electron chi connectivity index (χ1n) is 6.41. The number of benzene rings is 1. The van der Waals surface area contributed by atoms with Crippen LogP contribution in [0, 0.1) is 5.82 Å². The Morgan fingerprint density at radius 1 is 1.53 bits per heavy atom. The molecule has 0 amide bonds. The molecule has 0 saturated carbocycles. The molecule has 1 aliphatic heterocycles. The molecule has 104 valence electrons. The Labute approximate surface area is 118 Å². The van der Waals surface area contributed by atoms with Gasteiger partial charge in [-0.25, -0.2) is 4.39 Å². The van der Waals surface area contributed by atoms with Crippen LogP contribution in [0.2, 0.25) is 0 Å². The molecule has 2 unspecified atom stereocenters. The number of hydrogen-bond donors (Lipinski definition) is 1. The topological polar surface area (TPSA) is 38.5 Å². The fraction of sp³-hybridized carbons (Fsp3) is 0.500. The summed E-state index contributed by atoms with van der Waals surface area (Å²) >= 11 is 4.93. The number of halogens is 1. The van der Waals surface area contributed by atoms with Crippen molar-refractivity contribution in [3.05, 3.63) is 35.1 Å². The van der Waals surface area contributed by atoms with Gasteiger partial charge in [0.2, 0.25) is 0 Å². The average Bonchev–Trinajstić information content (AvgIpc) is 2.36. The molecule has 0 bridgehead atoms. The van der Waals surface area contributed by atoms with Crippen molar-refractivity contribution in [3.63, 3.8) is 0 Å². The number of thiocarbonyl (C=S) groups is 1. The summed E-state index contributed by atoms with van der Waals surface area (Å²) in [5, 5.41) is 0. The van der Waals surface area contributed by atoms with Gasteiger partial charge >= 0.3 is 0 Å². The van der Waals surface area contributed by atoms with Gasteiger partial charge in [0.05, 0.1) is 12.7 Å². The zero-order valence-corrected chi connectivity index (χ0v) is 12.0. The van der Waals surface area contributed by atoms with E-state index in [2.05, 4.69) is 11.8 Å². The van der Waals surface area contributed by atoms with Gasteiger partial charge in [-0.15, -0.1) is 0 Å². The van der Waals surface area contributed by atoms with E-state index in [1.807, 2.05) is 6.92 Å². The van der Waals surface area contributed by atoms with Gasteiger partial charge in [0.15, 0.2) is 0 Å². The molecular weight excluding hydrogens is 263 g/mol. The lowest BCUT2D eigenvalue weighted by molar-refractivity contribution is -0.0529. The SMILES string of the molecule is CC1CN(Cc2cc(C(N)=S)ccc2F)C(C)CO1. The van der Waals surface area contributed by atoms with Crippen LogP contribution in [-0.2, 0) is 11.3 Å². The molecule has 1 aromatic carbocycles. The highest BCUT2D eigenvalue weighted by Gasteiger charge is 2.24. The van der Waals surface area contributed by atoms with Crippen molar-refractivity contribution in [1.82, 2.24) is 4.90 Å². The number of ether oxygens (including phenoxy) is 1. The molecule has 19 heavy (non-hydrogen) atoms. The Morgan fingerprint density at radius 3 is 2.95 bits per heavy atom. The lowest BCUT2D eigenvalue weighted by Gasteiger charge is -2.36. The Balaban J connectivity index is 2.17. The summed E-state index contributed by atoms with van der Waals surface area (Å²) in [7, 11) is 0. The maximum atomic E-state index is 13.9. The summed E-state index contributed by atoms with van der Waals surface area (Å²) in [6.45, 7) is 6.15. The van der Waals surface area contributed by atoms with E-state index in [-0.39, 0.29) is 18.0 Å². The molecule has 1 heterocycles. The fourth-order valence-corrected chi connectivity index (χ4v) is 2.39. The Kier molecular flexibility index (Phi) is 4.50. The zero-order chi connectivity index (χ0) is 14.0. The molecule has 0 spiro atoms. The molecule has 1 fully saturated rings. The first-order chi connectivity index (χ1) is 8.97. The summed E-state index contributed by atoms with van der Waals surface area (Å²) in [5.74, 6) is -0.216. The second-order valence-electron chi connectivity index (χ2n) is 5.09. The third-order valence-electron chi connectivity index (χ3n) is 3.44. The second kappa shape index (κ2) is 5.94. The molecule has 0 aromatic heterocycles. The van der Waals surface area contributed by atoms with Gasteiger partial charge in [0.1, 0.15) is 10.8 Å². The van der Waals surface area contributed by atoms with Gasteiger partial charge in [-0.05, 0) is 32.0 Å². The largest absolute Gasteiger partial charge is 0.389 e. The van der Waals surface area contributed by atoms with Gasteiger partial charge in [-0.2, -0.15) is 0 Å². The minimum Gasteiger partial charge on any atom is -0.389 e. The van der Waals surface area contributed by atoms with Gasteiger partial charge < -0.3 is 10.5 Å². The lowest BCUT2D eigenvalue weighted by atomic mass is 10.1. The van der Waals surface area contributed by atoms with Gasteiger partial charge in [0.25, 0.3) is 0 Å². The summed E-state index contributed by atoms with van der Waals surface area (Å²) in [5.41, 5.74) is 6.93. The van der Waals surface area contributed by atoms with Crippen LogP contribution in [0.15, 0.2) is 18.2 Å². The zero-order valence-electron chi connectivity index (χ0n) is 11.2. The smallest absolute Gasteiger partial charge is 0.127 e. The van der Waals surface area contributed by atoms with E-state index in [4.69, 9.17) is 22.7 Å². The van der Waals surface area contributed by atoms with Crippen LogP contribution in [0.3, 0.4) is 0 Å². The summed E-state index contributed by atoms with van der Waals surface area (Å²) in [4.78, 5) is 2.51. The Hall–Kier alpha value is -1.04. The average molecular weight is 282 g/mol. The van der Waals surface area contributed by atoms with Crippen LogP contribution in [0.1, 0.15) is 25.0 Å². The number of nitrogens with zero attached hydrogens (tertiary/aromatic N) is 1. The third-order valence-corrected chi connectivity index (χ3v) is 3.68. The maximum absolute atomic E-state index is 13.9. The van der Waals surface area contributed by atoms with Crippen LogP contribution >= 0.6 is 12.2 Å². The number of nitrogens with two attached hydrogens (primary N) is 1. The van der Waals surface area contributed by atoms with Crippen molar-refractivity contribution in [3.8, 4) is 0 Å². The van der Waals surface area contributed by atoms with Crippen molar-refractivity contribution < 1.29 is 9.13 Å². The third kappa shape index (κ3) is 3.49. The number of rotatable bonds is 3. The van der Waals surface area contributed by atoms with E-state index in [1.165, 1.54) is 6.07 Å². The normalized spacial score (nSPS) is 24.4. The molecule has 2 atom stereocenters. The number of hydrogen-bond acceptors (Lipinski definition) is 3. The Morgan fingerprint density at radius 2 is 2.26 bits per heavy atom. The van der Waals surface area contributed by atoms with Crippen molar-refractivity contribution in [1.29, 1.82) is 0 Å². The van der Waals surface area contributed by atoms with Gasteiger partial charge in [0, 0.05) is 30.3 Å². The highest BCUT2D eigenvalue weighted by molar-refractivity contribution is 7.80. The minimum atomic E-state index is -0.216. The lowest BCUT2D eigenvalue weighted by Crippen LogP contribution is -2.46. The van der Waals surface area contributed by atoms with E-state index in [0.717, 1.165) is 6.54 Å². The molecule has 3 nitrogen and oxygen atoms in total. The van der Waals surface area contributed by atoms with Crippen LogP contribution < -0.4 is 5.73 Å². The summed E-state index contributed by atoms with van der Waals surface area (Å²) in [6, 6.07) is 5.07. The monoisotopic (exact) mass is 282 g/mol. The molecule has 2 N–H and O–H groups in total. The maximum Gasteiger partial charge on any atom is 0.127 e. The van der Waals surface area contributed by atoms with Crippen LogP contribution in [0.25, 0.3) is 0 Å². The summed E-state index contributed by atoms with van der Waals surface area (Å²) in [6.07, 6.45) is 0.179. The molecule has 1 aliphatic rings. The summed E-state index contributed by atoms with van der Waals surface area (Å²) < 4.78 is 19.4. The predicted molar refractivity (Wildman–Crippen MR) is 77.6 cm³/mol.